The first-order valence-corrected chi connectivity index (χ1v) is 8.41. The Morgan fingerprint density at radius 3 is 3.00 bits per heavy atom. The Morgan fingerprint density at radius 2 is 2.24 bits per heavy atom. The van der Waals surface area contributed by atoms with E-state index >= 15 is 0 Å². The molecule has 0 radical (unpaired) electrons. The average molecular weight is 344 g/mol. The highest BCUT2D eigenvalue weighted by Gasteiger charge is 2.34. The summed E-state index contributed by atoms with van der Waals surface area (Å²) in [7, 11) is 0. The normalized spacial score (nSPS) is 16.4. The van der Waals surface area contributed by atoms with Crippen molar-refractivity contribution >= 4 is 11.9 Å². The van der Waals surface area contributed by atoms with Crippen LogP contribution >= 0.6 is 0 Å². The van der Waals surface area contributed by atoms with E-state index in [4.69, 9.17) is 4.74 Å². The van der Waals surface area contributed by atoms with Crippen LogP contribution < -0.4 is 5.32 Å². The standard InChI is InChI=1S/C18H21FN4O2/c1-3-4-5-9-25-17(24)15-12(2)22-18-20-11-21-23(18)16(15)13-7-6-8-14(19)10-13/h6-8,10-11,16H,3-5,9H2,1-2H3,(H,20,21,22)/t16-/m0/s1. The number of hydrogen-bond donors (Lipinski definition) is 1. The number of rotatable bonds is 6. The summed E-state index contributed by atoms with van der Waals surface area (Å²) in [4.78, 5) is 16.8. The van der Waals surface area contributed by atoms with E-state index in [9.17, 15) is 9.18 Å². The molecule has 1 aliphatic rings. The van der Waals surface area contributed by atoms with Gasteiger partial charge in [-0.25, -0.2) is 13.9 Å². The van der Waals surface area contributed by atoms with Crippen molar-refractivity contribution in [3.05, 3.63) is 53.2 Å². The number of carbonyl (C=O) groups is 1. The molecule has 1 N–H and O–H groups in total. The SMILES string of the molecule is CCCCCOC(=O)C1=C(C)Nc2ncnn2[C@H]1c1cccc(F)c1. The molecular formula is C18H21FN4O2. The van der Waals surface area contributed by atoms with Crippen molar-refractivity contribution in [2.45, 2.75) is 39.2 Å². The molecule has 3 rings (SSSR count). The van der Waals surface area contributed by atoms with Crippen molar-refractivity contribution in [3.63, 3.8) is 0 Å². The number of benzene rings is 1. The summed E-state index contributed by atoms with van der Waals surface area (Å²) in [5.74, 6) is -0.281. The van der Waals surface area contributed by atoms with Gasteiger partial charge in [0.25, 0.3) is 0 Å². The predicted octanol–water partition coefficient (Wildman–Crippen LogP) is 3.44. The van der Waals surface area contributed by atoms with Crippen LogP contribution in [0.4, 0.5) is 10.3 Å². The van der Waals surface area contributed by atoms with E-state index in [1.807, 2.05) is 0 Å². The van der Waals surface area contributed by atoms with E-state index in [0.717, 1.165) is 19.3 Å². The van der Waals surface area contributed by atoms with Gasteiger partial charge in [-0.1, -0.05) is 31.9 Å². The number of nitrogens with one attached hydrogen (secondary N) is 1. The van der Waals surface area contributed by atoms with Gasteiger partial charge >= 0.3 is 5.97 Å². The molecule has 0 bridgehead atoms. The van der Waals surface area contributed by atoms with Crippen LogP contribution in [0.2, 0.25) is 0 Å². The number of aromatic nitrogens is 3. The van der Waals surface area contributed by atoms with Crippen molar-refractivity contribution in [3.8, 4) is 0 Å². The molecule has 25 heavy (non-hydrogen) atoms. The number of allylic oxidation sites excluding steroid dienone is 1. The fourth-order valence-corrected chi connectivity index (χ4v) is 2.93. The van der Waals surface area contributed by atoms with Crippen LogP contribution in [0.1, 0.15) is 44.7 Å². The Bertz CT molecular complexity index is 800. The summed E-state index contributed by atoms with van der Waals surface area (Å²) in [5, 5.41) is 7.26. The Balaban J connectivity index is 1.94. The molecule has 2 heterocycles. The quantitative estimate of drug-likeness (QED) is 0.642. The number of halogens is 1. The summed E-state index contributed by atoms with van der Waals surface area (Å²) >= 11 is 0. The van der Waals surface area contributed by atoms with Gasteiger partial charge in [-0.2, -0.15) is 10.1 Å². The van der Waals surface area contributed by atoms with Crippen LogP contribution in [0.15, 0.2) is 41.9 Å². The van der Waals surface area contributed by atoms with Crippen molar-refractivity contribution in [1.29, 1.82) is 0 Å². The van der Waals surface area contributed by atoms with Crippen LogP contribution in [0.3, 0.4) is 0 Å². The van der Waals surface area contributed by atoms with E-state index < -0.39 is 12.0 Å². The molecule has 0 amide bonds. The lowest BCUT2D eigenvalue weighted by atomic mass is 9.96. The molecular weight excluding hydrogens is 323 g/mol. The molecule has 0 fully saturated rings. The Kier molecular flexibility index (Phi) is 5.11. The maximum absolute atomic E-state index is 13.7. The monoisotopic (exact) mass is 344 g/mol. The molecule has 1 atom stereocenters. The minimum atomic E-state index is -0.576. The lowest BCUT2D eigenvalue weighted by Gasteiger charge is -2.28. The molecule has 1 aromatic carbocycles. The molecule has 1 aliphatic heterocycles. The Morgan fingerprint density at radius 1 is 1.40 bits per heavy atom. The highest BCUT2D eigenvalue weighted by atomic mass is 19.1. The fraction of sp³-hybridized carbons (Fsp3) is 0.389. The number of ether oxygens (including phenoxy) is 1. The first kappa shape index (κ1) is 17.1. The van der Waals surface area contributed by atoms with Crippen molar-refractivity contribution in [2.24, 2.45) is 0 Å². The summed E-state index contributed by atoms with van der Waals surface area (Å²) in [6.45, 7) is 4.24. The molecule has 0 aliphatic carbocycles. The summed E-state index contributed by atoms with van der Waals surface area (Å²) in [5.41, 5.74) is 1.67. The molecule has 2 aromatic rings. The van der Waals surface area contributed by atoms with E-state index in [2.05, 4.69) is 22.3 Å². The molecule has 0 saturated carbocycles. The Hall–Kier alpha value is -2.70. The molecule has 6 nitrogen and oxygen atoms in total. The van der Waals surface area contributed by atoms with E-state index in [1.54, 1.807) is 23.7 Å². The van der Waals surface area contributed by atoms with E-state index in [1.165, 1.54) is 18.5 Å². The third-order valence-electron chi connectivity index (χ3n) is 4.16. The topological polar surface area (TPSA) is 69.0 Å². The number of carbonyl (C=O) groups excluding carboxylic acids is 1. The van der Waals surface area contributed by atoms with Gasteiger partial charge in [0.2, 0.25) is 5.95 Å². The van der Waals surface area contributed by atoms with Gasteiger partial charge < -0.3 is 10.1 Å². The van der Waals surface area contributed by atoms with Gasteiger partial charge in [-0.3, -0.25) is 0 Å². The van der Waals surface area contributed by atoms with Gasteiger partial charge in [-0.15, -0.1) is 0 Å². The summed E-state index contributed by atoms with van der Waals surface area (Å²) in [6.07, 6.45) is 4.28. The second-order valence-corrected chi connectivity index (χ2v) is 5.99. The summed E-state index contributed by atoms with van der Waals surface area (Å²) < 4.78 is 20.8. The second kappa shape index (κ2) is 7.46. The third-order valence-corrected chi connectivity index (χ3v) is 4.16. The van der Waals surface area contributed by atoms with Crippen molar-refractivity contribution in [2.75, 3.05) is 11.9 Å². The van der Waals surface area contributed by atoms with Crippen LogP contribution in [-0.2, 0) is 9.53 Å². The number of anilines is 1. The van der Waals surface area contributed by atoms with E-state index in [-0.39, 0.29) is 5.82 Å². The average Bonchev–Trinajstić information content (AvgIpc) is 3.05. The number of esters is 1. The molecule has 0 spiro atoms. The van der Waals surface area contributed by atoms with Crippen LogP contribution in [0.5, 0.6) is 0 Å². The lowest BCUT2D eigenvalue weighted by Crippen LogP contribution is -2.29. The number of hydrogen-bond acceptors (Lipinski definition) is 5. The molecule has 132 valence electrons. The van der Waals surface area contributed by atoms with Crippen molar-refractivity contribution in [1.82, 2.24) is 14.8 Å². The molecule has 0 unspecified atom stereocenters. The smallest absolute Gasteiger partial charge is 0.338 e. The van der Waals surface area contributed by atoms with Crippen LogP contribution in [0.25, 0.3) is 0 Å². The van der Waals surface area contributed by atoms with Crippen LogP contribution in [-0.4, -0.2) is 27.3 Å². The Labute approximate surface area is 145 Å². The van der Waals surface area contributed by atoms with Gasteiger partial charge in [0, 0.05) is 5.70 Å². The van der Waals surface area contributed by atoms with Crippen LogP contribution in [0, 0.1) is 5.82 Å². The zero-order valence-corrected chi connectivity index (χ0v) is 14.3. The molecule has 1 aromatic heterocycles. The van der Waals surface area contributed by atoms with Crippen molar-refractivity contribution < 1.29 is 13.9 Å². The predicted molar refractivity (Wildman–Crippen MR) is 91.4 cm³/mol. The number of nitrogens with zero attached hydrogens (tertiary/aromatic N) is 3. The minimum absolute atomic E-state index is 0.365. The first-order valence-electron chi connectivity index (χ1n) is 8.41. The van der Waals surface area contributed by atoms with Gasteiger partial charge in [0.15, 0.2) is 0 Å². The van der Waals surface area contributed by atoms with Gasteiger partial charge in [0.05, 0.1) is 12.2 Å². The minimum Gasteiger partial charge on any atom is -0.462 e. The maximum Gasteiger partial charge on any atom is 0.338 e. The first-order chi connectivity index (χ1) is 12.1. The third kappa shape index (κ3) is 3.55. The largest absolute Gasteiger partial charge is 0.462 e. The highest BCUT2D eigenvalue weighted by molar-refractivity contribution is 5.92. The number of fused-ring (bicyclic) bond motifs is 1. The second-order valence-electron chi connectivity index (χ2n) is 5.99. The molecule has 7 heteroatoms. The lowest BCUT2D eigenvalue weighted by molar-refractivity contribution is -0.139. The zero-order chi connectivity index (χ0) is 17.8. The number of unbranched alkanes of at least 4 members (excludes halogenated alkanes) is 2. The van der Waals surface area contributed by atoms with E-state index in [0.29, 0.717) is 29.4 Å². The fourth-order valence-electron chi connectivity index (χ4n) is 2.93. The summed E-state index contributed by atoms with van der Waals surface area (Å²) in [6, 6.07) is 5.57. The van der Waals surface area contributed by atoms with Gasteiger partial charge in [-0.05, 0) is 31.0 Å². The zero-order valence-electron chi connectivity index (χ0n) is 14.3. The highest BCUT2D eigenvalue weighted by Crippen LogP contribution is 2.35. The van der Waals surface area contributed by atoms with Gasteiger partial charge in [0.1, 0.15) is 18.2 Å². The molecule has 0 saturated heterocycles. The maximum atomic E-state index is 13.7.